The summed E-state index contributed by atoms with van der Waals surface area (Å²) in [6.07, 6.45) is 0.523. The van der Waals surface area contributed by atoms with E-state index in [4.69, 9.17) is 10.9 Å². The number of rotatable bonds is 3. The van der Waals surface area contributed by atoms with Gasteiger partial charge in [-0.1, -0.05) is 13.8 Å². The van der Waals surface area contributed by atoms with Crippen LogP contribution < -0.4 is 5.84 Å². The van der Waals surface area contributed by atoms with Gasteiger partial charge in [-0.05, 0) is 5.92 Å². The van der Waals surface area contributed by atoms with Crippen molar-refractivity contribution in [2.45, 2.75) is 19.9 Å². The Balaban J connectivity index is 2.91. The summed E-state index contributed by atoms with van der Waals surface area (Å²) in [6.45, 7) is 3.85. The Bertz CT molecular complexity index is 300. The average molecular weight is 215 g/mol. The minimum atomic E-state index is -1.13. The molecule has 0 aliphatic carbocycles. The van der Waals surface area contributed by atoms with Crippen molar-refractivity contribution in [3.63, 3.8) is 0 Å². The van der Waals surface area contributed by atoms with Crippen LogP contribution in [0.5, 0.6) is 0 Å². The van der Waals surface area contributed by atoms with Gasteiger partial charge < -0.3 is 5.11 Å². The first kappa shape index (κ1) is 10.9. The number of nitrogens with zero attached hydrogens (tertiary/aromatic N) is 2. The second-order valence-electron chi connectivity index (χ2n) is 3.28. The number of aromatic nitrogens is 1. The van der Waals surface area contributed by atoms with Gasteiger partial charge in [-0.2, -0.15) is 0 Å². The van der Waals surface area contributed by atoms with Crippen LogP contribution in [0.25, 0.3) is 0 Å². The predicted molar refractivity (Wildman–Crippen MR) is 53.7 cm³/mol. The van der Waals surface area contributed by atoms with Crippen LogP contribution >= 0.6 is 11.3 Å². The zero-order valence-corrected chi connectivity index (χ0v) is 8.86. The zero-order chi connectivity index (χ0) is 10.7. The van der Waals surface area contributed by atoms with Crippen LogP contribution in [-0.4, -0.2) is 21.2 Å². The van der Waals surface area contributed by atoms with E-state index in [0.29, 0.717) is 0 Å². The van der Waals surface area contributed by atoms with Gasteiger partial charge in [0.1, 0.15) is 0 Å². The van der Waals surface area contributed by atoms with E-state index in [0.717, 1.165) is 9.89 Å². The fourth-order valence-electron chi connectivity index (χ4n) is 1.28. The molecule has 5 nitrogen and oxygen atoms in total. The van der Waals surface area contributed by atoms with E-state index in [1.807, 2.05) is 13.8 Å². The van der Waals surface area contributed by atoms with E-state index in [1.54, 1.807) is 11.7 Å². The van der Waals surface area contributed by atoms with E-state index < -0.39 is 6.09 Å². The van der Waals surface area contributed by atoms with Crippen molar-refractivity contribution in [1.29, 1.82) is 0 Å². The van der Waals surface area contributed by atoms with Gasteiger partial charge in [0.15, 0.2) is 0 Å². The van der Waals surface area contributed by atoms with Crippen LogP contribution in [0.15, 0.2) is 11.7 Å². The lowest BCUT2D eigenvalue weighted by Gasteiger charge is -2.26. The van der Waals surface area contributed by atoms with Crippen molar-refractivity contribution in [2.75, 3.05) is 0 Å². The van der Waals surface area contributed by atoms with Crippen molar-refractivity contribution in [3.05, 3.63) is 16.6 Å². The van der Waals surface area contributed by atoms with Crippen molar-refractivity contribution < 1.29 is 9.90 Å². The molecule has 0 aliphatic heterocycles. The lowest BCUT2D eigenvalue weighted by atomic mass is 10.0. The van der Waals surface area contributed by atoms with Crippen LogP contribution in [0, 0.1) is 5.92 Å². The zero-order valence-electron chi connectivity index (χ0n) is 8.04. The Labute approximate surface area is 86.1 Å². The molecule has 1 heterocycles. The van der Waals surface area contributed by atoms with Crippen molar-refractivity contribution in [1.82, 2.24) is 9.99 Å². The summed E-state index contributed by atoms with van der Waals surface area (Å²) in [5.74, 6) is 5.59. The SMILES string of the molecule is CC(C)C(c1cncs1)N(N)C(=O)O. The maximum Gasteiger partial charge on any atom is 0.422 e. The average Bonchev–Trinajstić information content (AvgIpc) is 2.56. The molecule has 0 aromatic carbocycles. The normalized spacial score (nSPS) is 12.9. The predicted octanol–water partition coefficient (Wildman–Crippen LogP) is 1.69. The summed E-state index contributed by atoms with van der Waals surface area (Å²) in [6, 6.07) is -0.319. The molecule has 0 bridgehead atoms. The minimum Gasteiger partial charge on any atom is -0.464 e. The number of hydrogen-bond acceptors (Lipinski definition) is 4. The van der Waals surface area contributed by atoms with Gasteiger partial charge in [0.25, 0.3) is 0 Å². The highest BCUT2D eigenvalue weighted by atomic mass is 32.1. The number of carbonyl (C=O) groups is 1. The summed E-state index contributed by atoms with van der Waals surface area (Å²) >= 11 is 1.41. The maximum atomic E-state index is 10.7. The summed E-state index contributed by atoms with van der Waals surface area (Å²) in [4.78, 5) is 15.5. The molecular weight excluding hydrogens is 202 g/mol. The summed E-state index contributed by atoms with van der Waals surface area (Å²) in [5.41, 5.74) is 1.67. The van der Waals surface area contributed by atoms with Crippen LogP contribution in [0.1, 0.15) is 24.8 Å². The molecule has 0 fully saturated rings. The lowest BCUT2D eigenvalue weighted by molar-refractivity contribution is 0.111. The molecule has 3 N–H and O–H groups in total. The van der Waals surface area contributed by atoms with Crippen LogP contribution in [0.4, 0.5) is 4.79 Å². The van der Waals surface area contributed by atoms with E-state index in [-0.39, 0.29) is 12.0 Å². The smallest absolute Gasteiger partial charge is 0.422 e. The molecule has 1 rings (SSSR count). The molecule has 1 amide bonds. The third-order valence-corrected chi connectivity index (χ3v) is 2.74. The van der Waals surface area contributed by atoms with Crippen molar-refractivity contribution >= 4 is 17.4 Å². The second kappa shape index (κ2) is 4.39. The number of amides is 1. The van der Waals surface area contributed by atoms with Gasteiger partial charge in [0.05, 0.1) is 11.6 Å². The molecule has 0 saturated heterocycles. The first-order chi connectivity index (χ1) is 6.54. The van der Waals surface area contributed by atoms with Crippen LogP contribution in [0.3, 0.4) is 0 Å². The summed E-state index contributed by atoms with van der Waals surface area (Å²) in [5, 5.41) is 9.62. The quantitative estimate of drug-likeness (QED) is 0.457. The summed E-state index contributed by atoms with van der Waals surface area (Å²) in [7, 11) is 0. The van der Waals surface area contributed by atoms with Gasteiger partial charge in [-0.3, -0.25) is 4.98 Å². The Morgan fingerprint density at radius 3 is 2.71 bits per heavy atom. The van der Waals surface area contributed by atoms with Crippen LogP contribution in [0.2, 0.25) is 0 Å². The Hall–Kier alpha value is -1.14. The highest BCUT2D eigenvalue weighted by Gasteiger charge is 2.26. The number of carboxylic acid groups (broad SMARTS) is 1. The minimum absolute atomic E-state index is 0.122. The number of hydrogen-bond donors (Lipinski definition) is 2. The van der Waals surface area contributed by atoms with E-state index in [9.17, 15) is 4.79 Å². The van der Waals surface area contributed by atoms with Gasteiger partial charge in [0, 0.05) is 11.1 Å². The largest absolute Gasteiger partial charge is 0.464 e. The van der Waals surface area contributed by atoms with E-state index >= 15 is 0 Å². The number of hydrazine groups is 1. The molecular formula is C8H13N3O2S. The fraction of sp³-hybridized carbons (Fsp3) is 0.500. The fourth-order valence-corrected chi connectivity index (χ4v) is 2.17. The highest BCUT2D eigenvalue weighted by Crippen LogP contribution is 2.28. The standard InChI is InChI=1S/C8H13N3O2S/c1-5(2)7(11(9)8(12)13)6-3-10-4-14-6/h3-5,7H,9H2,1-2H3,(H,12,13). The first-order valence-corrected chi connectivity index (χ1v) is 5.07. The topological polar surface area (TPSA) is 79.5 Å². The summed E-state index contributed by atoms with van der Waals surface area (Å²) < 4.78 is 0. The van der Waals surface area contributed by atoms with Gasteiger partial charge in [-0.15, -0.1) is 11.3 Å². The second-order valence-corrected chi connectivity index (χ2v) is 4.20. The van der Waals surface area contributed by atoms with Crippen molar-refractivity contribution in [2.24, 2.45) is 11.8 Å². The molecule has 1 atom stereocenters. The lowest BCUT2D eigenvalue weighted by Crippen LogP contribution is -2.41. The monoisotopic (exact) mass is 215 g/mol. The molecule has 1 aromatic heterocycles. The first-order valence-electron chi connectivity index (χ1n) is 4.19. The highest BCUT2D eigenvalue weighted by molar-refractivity contribution is 7.09. The molecule has 6 heteroatoms. The van der Waals surface area contributed by atoms with E-state index in [1.165, 1.54) is 11.3 Å². The molecule has 0 radical (unpaired) electrons. The molecule has 1 aromatic rings. The van der Waals surface area contributed by atoms with Gasteiger partial charge in [0.2, 0.25) is 0 Å². The van der Waals surface area contributed by atoms with Crippen molar-refractivity contribution in [3.8, 4) is 0 Å². The third-order valence-electron chi connectivity index (χ3n) is 1.89. The maximum absolute atomic E-state index is 10.7. The number of thiazole rings is 1. The molecule has 1 unspecified atom stereocenters. The van der Waals surface area contributed by atoms with Crippen LogP contribution in [-0.2, 0) is 0 Å². The Morgan fingerprint density at radius 2 is 2.36 bits per heavy atom. The molecule has 78 valence electrons. The van der Waals surface area contributed by atoms with E-state index in [2.05, 4.69) is 4.98 Å². The molecule has 0 saturated carbocycles. The third kappa shape index (κ3) is 2.21. The van der Waals surface area contributed by atoms with Gasteiger partial charge >= 0.3 is 6.09 Å². The molecule has 14 heavy (non-hydrogen) atoms. The van der Waals surface area contributed by atoms with Gasteiger partial charge in [-0.25, -0.2) is 15.6 Å². The Morgan fingerprint density at radius 1 is 1.71 bits per heavy atom. The molecule has 0 aliphatic rings. The molecule has 0 spiro atoms. The number of nitrogens with two attached hydrogens (primary N) is 1. The Kier molecular flexibility index (Phi) is 3.43.